The van der Waals surface area contributed by atoms with Crippen LogP contribution in [0.5, 0.6) is 0 Å². The lowest BCUT2D eigenvalue weighted by Crippen LogP contribution is -2.30. The first kappa shape index (κ1) is 10.3. The van der Waals surface area contributed by atoms with Crippen molar-refractivity contribution in [2.75, 3.05) is 0 Å². The number of benzene rings is 1. The zero-order valence-corrected chi connectivity index (χ0v) is 9.52. The summed E-state index contributed by atoms with van der Waals surface area (Å²) in [7, 11) is 0. The third kappa shape index (κ3) is 1.87. The predicted octanol–water partition coefficient (Wildman–Crippen LogP) is 3.78. The molecule has 1 spiro atoms. The lowest BCUT2D eigenvalue weighted by Gasteiger charge is -2.29. The van der Waals surface area contributed by atoms with Gasteiger partial charge < -0.3 is 0 Å². The van der Waals surface area contributed by atoms with Crippen LogP contribution in [0.25, 0.3) is 0 Å². The Morgan fingerprint density at radius 2 is 1.75 bits per heavy atom. The van der Waals surface area contributed by atoms with Crippen molar-refractivity contribution < 1.29 is 9.78 Å². The van der Waals surface area contributed by atoms with E-state index in [1.807, 2.05) is 6.07 Å². The van der Waals surface area contributed by atoms with Crippen LogP contribution < -0.4 is 0 Å². The fourth-order valence-corrected chi connectivity index (χ4v) is 2.89. The summed E-state index contributed by atoms with van der Waals surface area (Å²) in [5, 5.41) is 0. The van der Waals surface area contributed by atoms with Crippen LogP contribution in [0.4, 0.5) is 0 Å². The molecule has 1 heterocycles. The highest BCUT2D eigenvalue weighted by Crippen LogP contribution is 2.45. The summed E-state index contributed by atoms with van der Waals surface area (Å²) in [6, 6.07) is 10.4. The molecule has 1 atom stereocenters. The summed E-state index contributed by atoms with van der Waals surface area (Å²) < 4.78 is 0. The fourth-order valence-electron chi connectivity index (χ4n) is 2.89. The minimum Gasteiger partial charge on any atom is -0.229 e. The maximum Gasteiger partial charge on any atom is 0.121 e. The van der Waals surface area contributed by atoms with Crippen molar-refractivity contribution in [2.24, 2.45) is 0 Å². The minimum absolute atomic E-state index is 0.0265. The summed E-state index contributed by atoms with van der Waals surface area (Å²) in [5.41, 5.74) is 1.27. The van der Waals surface area contributed by atoms with Crippen LogP contribution in [-0.4, -0.2) is 5.60 Å². The molecule has 1 aliphatic carbocycles. The van der Waals surface area contributed by atoms with Crippen molar-refractivity contribution in [1.29, 1.82) is 0 Å². The second-order valence-corrected chi connectivity index (χ2v) is 5.03. The Bertz CT molecular complexity index is 341. The molecule has 0 aromatic heterocycles. The predicted molar refractivity (Wildman–Crippen MR) is 61.8 cm³/mol. The van der Waals surface area contributed by atoms with Crippen LogP contribution in [0.3, 0.4) is 0 Å². The van der Waals surface area contributed by atoms with Gasteiger partial charge in [-0.25, -0.2) is 9.78 Å². The average Bonchev–Trinajstić information content (AvgIpc) is 2.75. The van der Waals surface area contributed by atoms with E-state index in [0.717, 1.165) is 19.3 Å². The van der Waals surface area contributed by atoms with Gasteiger partial charge in [0.15, 0.2) is 0 Å². The fraction of sp³-hybridized carbons (Fsp3) is 0.571. The van der Waals surface area contributed by atoms with E-state index in [-0.39, 0.29) is 11.7 Å². The molecule has 2 nitrogen and oxygen atoms in total. The van der Waals surface area contributed by atoms with E-state index >= 15 is 0 Å². The normalized spacial score (nSPS) is 28.4. The smallest absolute Gasteiger partial charge is 0.121 e. The van der Waals surface area contributed by atoms with Crippen molar-refractivity contribution in [3.8, 4) is 0 Å². The minimum atomic E-state index is 0.0265. The quantitative estimate of drug-likeness (QED) is 0.668. The first-order valence-electron chi connectivity index (χ1n) is 6.27. The van der Waals surface area contributed by atoms with Crippen LogP contribution >= 0.6 is 0 Å². The molecule has 0 N–H and O–H groups in total. The molecule has 1 aromatic rings. The topological polar surface area (TPSA) is 18.5 Å². The van der Waals surface area contributed by atoms with Gasteiger partial charge >= 0.3 is 0 Å². The van der Waals surface area contributed by atoms with Gasteiger partial charge in [-0.15, -0.1) is 0 Å². The van der Waals surface area contributed by atoms with Crippen LogP contribution in [0.15, 0.2) is 30.3 Å². The van der Waals surface area contributed by atoms with Crippen molar-refractivity contribution in [1.82, 2.24) is 0 Å². The van der Waals surface area contributed by atoms with Gasteiger partial charge in [-0.2, -0.15) is 0 Å². The molecule has 0 unspecified atom stereocenters. The summed E-state index contributed by atoms with van der Waals surface area (Å²) in [6.07, 6.45) is 7.40. The lowest BCUT2D eigenvalue weighted by atomic mass is 9.80. The molecule has 86 valence electrons. The number of hydrogen-bond acceptors (Lipinski definition) is 2. The molecule has 2 heteroatoms. The van der Waals surface area contributed by atoms with E-state index in [2.05, 4.69) is 24.3 Å². The summed E-state index contributed by atoms with van der Waals surface area (Å²) in [4.78, 5) is 11.2. The molecule has 1 aliphatic heterocycles. The van der Waals surface area contributed by atoms with E-state index in [1.165, 1.54) is 24.8 Å². The van der Waals surface area contributed by atoms with Crippen LogP contribution in [0.2, 0.25) is 0 Å². The highest BCUT2D eigenvalue weighted by molar-refractivity contribution is 5.18. The van der Waals surface area contributed by atoms with Gasteiger partial charge in [0.25, 0.3) is 0 Å². The number of hydrogen-bond donors (Lipinski definition) is 0. The van der Waals surface area contributed by atoms with Crippen molar-refractivity contribution in [2.45, 2.75) is 50.2 Å². The van der Waals surface area contributed by atoms with E-state index in [1.54, 1.807) is 0 Å². The highest BCUT2D eigenvalue weighted by Gasteiger charge is 2.43. The van der Waals surface area contributed by atoms with Crippen molar-refractivity contribution >= 4 is 0 Å². The monoisotopic (exact) mass is 218 g/mol. The largest absolute Gasteiger partial charge is 0.229 e. The van der Waals surface area contributed by atoms with Crippen LogP contribution in [0, 0.1) is 0 Å². The zero-order valence-electron chi connectivity index (χ0n) is 9.52. The van der Waals surface area contributed by atoms with Crippen LogP contribution in [-0.2, 0) is 9.78 Å². The highest BCUT2D eigenvalue weighted by atomic mass is 17.2. The first-order chi connectivity index (χ1) is 7.88. The molecule has 2 aliphatic rings. The Labute approximate surface area is 96.5 Å². The first-order valence-corrected chi connectivity index (χ1v) is 6.27. The van der Waals surface area contributed by atoms with E-state index in [4.69, 9.17) is 9.78 Å². The van der Waals surface area contributed by atoms with Gasteiger partial charge in [0.05, 0.1) is 0 Å². The Hall–Kier alpha value is -0.860. The maximum atomic E-state index is 5.65. The van der Waals surface area contributed by atoms with Crippen molar-refractivity contribution in [3.63, 3.8) is 0 Å². The molecular formula is C14H18O2. The molecule has 0 amide bonds. The Morgan fingerprint density at radius 3 is 2.50 bits per heavy atom. The second kappa shape index (κ2) is 4.19. The molecule has 1 aromatic carbocycles. The van der Waals surface area contributed by atoms with Gasteiger partial charge in [-0.3, -0.25) is 0 Å². The molecule has 3 rings (SSSR count). The van der Waals surface area contributed by atoms with E-state index in [9.17, 15) is 0 Å². The third-order valence-corrected chi connectivity index (χ3v) is 3.83. The Balaban J connectivity index is 1.73. The van der Waals surface area contributed by atoms with E-state index < -0.39 is 0 Å². The van der Waals surface area contributed by atoms with Gasteiger partial charge in [0.2, 0.25) is 0 Å². The van der Waals surface area contributed by atoms with Crippen molar-refractivity contribution in [3.05, 3.63) is 35.9 Å². The number of rotatable bonds is 1. The summed E-state index contributed by atoms with van der Waals surface area (Å²) in [6.45, 7) is 0. The van der Waals surface area contributed by atoms with Gasteiger partial charge in [-0.1, -0.05) is 49.6 Å². The van der Waals surface area contributed by atoms with E-state index in [0.29, 0.717) is 0 Å². The molecule has 2 fully saturated rings. The van der Waals surface area contributed by atoms with Gasteiger partial charge in [0.1, 0.15) is 11.7 Å². The standard InChI is InChI=1S/C14H18O2/c1-3-7-12(8-4-1)13-11-14(16-15-13)9-5-2-6-10-14/h1,3-4,7-8,13H,2,5-6,9-11H2/t13-/m1/s1. The SMILES string of the molecule is c1ccc([C@H]2CC3(CCCCC3)OO2)cc1. The summed E-state index contributed by atoms with van der Waals surface area (Å²) >= 11 is 0. The summed E-state index contributed by atoms with van der Waals surface area (Å²) in [5.74, 6) is 0. The average molecular weight is 218 g/mol. The maximum absolute atomic E-state index is 5.65. The Kier molecular flexibility index (Phi) is 2.70. The Morgan fingerprint density at radius 1 is 1.00 bits per heavy atom. The van der Waals surface area contributed by atoms with Gasteiger partial charge in [-0.05, 0) is 18.4 Å². The lowest BCUT2D eigenvalue weighted by molar-refractivity contribution is -0.333. The molecule has 0 bridgehead atoms. The molecular weight excluding hydrogens is 200 g/mol. The molecule has 0 radical (unpaired) electrons. The molecule has 1 saturated carbocycles. The van der Waals surface area contributed by atoms with Gasteiger partial charge in [0, 0.05) is 6.42 Å². The molecule has 16 heavy (non-hydrogen) atoms. The second-order valence-electron chi connectivity index (χ2n) is 5.03. The zero-order chi connectivity index (χ0) is 10.8. The molecule has 1 saturated heterocycles. The van der Waals surface area contributed by atoms with Crippen LogP contribution in [0.1, 0.15) is 50.2 Å². The third-order valence-electron chi connectivity index (χ3n) is 3.83.